The van der Waals surface area contributed by atoms with Gasteiger partial charge >= 0.3 is 0 Å². The minimum absolute atomic E-state index is 0.0429. The highest BCUT2D eigenvalue weighted by Gasteiger charge is 2.23. The van der Waals surface area contributed by atoms with E-state index in [1.54, 1.807) is 10.9 Å². The molecule has 19 heavy (non-hydrogen) atoms. The number of nitrogens with zero attached hydrogens (tertiary/aromatic N) is 2. The standard InChI is InChI=1S/C13H20N4O2/c18-13(16-11-1-2-11)8-17-7-12(6-15-17)14-5-10-3-4-19-9-10/h6-7,10-11,14H,1-5,8-9H2,(H,16,18). The van der Waals surface area contributed by atoms with Crippen LogP contribution in [-0.2, 0) is 16.1 Å². The molecule has 1 saturated carbocycles. The Hall–Kier alpha value is -1.56. The van der Waals surface area contributed by atoms with Crippen molar-refractivity contribution < 1.29 is 9.53 Å². The van der Waals surface area contributed by atoms with Crippen LogP contribution in [0.4, 0.5) is 5.69 Å². The molecule has 0 bridgehead atoms. The van der Waals surface area contributed by atoms with E-state index in [1.807, 2.05) is 6.20 Å². The summed E-state index contributed by atoms with van der Waals surface area (Å²) in [5.41, 5.74) is 0.964. The quantitative estimate of drug-likeness (QED) is 0.790. The Kier molecular flexibility index (Phi) is 3.68. The molecule has 1 aliphatic carbocycles. The molecular weight excluding hydrogens is 244 g/mol. The Morgan fingerprint density at radius 2 is 2.37 bits per heavy atom. The van der Waals surface area contributed by atoms with Crippen molar-refractivity contribution in [3.63, 3.8) is 0 Å². The number of amides is 1. The fraction of sp³-hybridized carbons (Fsp3) is 0.692. The molecule has 104 valence electrons. The maximum Gasteiger partial charge on any atom is 0.241 e. The molecule has 0 radical (unpaired) electrons. The molecule has 1 amide bonds. The van der Waals surface area contributed by atoms with Gasteiger partial charge in [-0.3, -0.25) is 9.48 Å². The van der Waals surface area contributed by atoms with Gasteiger partial charge in [0.2, 0.25) is 5.91 Å². The molecule has 1 aliphatic heterocycles. The Bertz CT molecular complexity index is 436. The van der Waals surface area contributed by atoms with Crippen LogP contribution >= 0.6 is 0 Å². The molecule has 1 atom stereocenters. The highest BCUT2D eigenvalue weighted by Crippen LogP contribution is 2.18. The summed E-state index contributed by atoms with van der Waals surface area (Å²) in [5.74, 6) is 0.628. The predicted molar refractivity (Wildman–Crippen MR) is 70.8 cm³/mol. The Balaban J connectivity index is 1.43. The van der Waals surface area contributed by atoms with E-state index >= 15 is 0 Å². The first kappa shape index (κ1) is 12.5. The number of rotatable bonds is 6. The Morgan fingerprint density at radius 3 is 3.11 bits per heavy atom. The van der Waals surface area contributed by atoms with E-state index in [9.17, 15) is 4.79 Å². The second-order valence-corrected chi connectivity index (χ2v) is 5.38. The lowest BCUT2D eigenvalue weighted by atomic mass is 10.1. The normalized spacial score (nSPS) is 22.4. The van der Waals surface area contributed by atoms with Gasteiger partial charge in [-0.1, -0.05) is 0 Å². The third-order valence-electron chi connectivity index (χ3n) is 3.50. The van der Waals surface area contributed by atoms with Crippen molar-refractivity contribution in [3.8, 4) is 0 Å². The third-order valence-corrected chi connectivity index (χ3v) is 3.50. The van der Waals surface area contributed by atoms with Crippen molar-refractivity contribution in [1.82, 2.24) is 15.1 Å². The fourth-order valence-electron chi connectivity index (χ4n) is 2.20. The van der Waals surface area contributed by atoms with Crippen molar-refractivity contribution in [2.24, 2.45) is 5.92 Å². The number of nitrogens with one attached hydrogen (secondary N) is 2. The smallest absolute Gasteiger partial charge is 0.241 e. The lowest BCUT2D eigenvalue weighted by molar-refractivity contribution is -0.122. The lowest BCUT2D eigenvalue weighted by Gasteiger charge is -2.08. The molecule has 3 rings (SSSR count). The summed E-state index contributed by atoms with van der Waals surface area (Å²) in [6.07, 6.45) is 6.98. The van der Waals surface area contributed by atoms with Gasteiger partial charge in [0, 0.05) is 31.3 Å². The molecule has 1 saturated heterocycles. The van der Waals surface area contributed by atoms with E-state index in [0.717, 1.165) is 44.7 Å². The number of carbonyl (C=O) groups excluding carboxylic acids is 1. The monoisotopic (exact) mass is 264 g/mol. The Morgan fingerprint density at radius 1 is 1.47 bits per heavy atom. The van der Waals surface area contributed by atoms with E-state index < -0.39 is 0 Å². The molecule has 1 aromatic rings. The maximum atomic E-state index is 11.6. The molecule has 2 aliphatic rings. The highest BCUT2D eigenvalue weighted by molar-refractivity contribution is 5.76. The SMILES string of the molecule is O=C(Cn1cc(NCC2CCOC2)cn1)NC1CC1. The van der Waals surface area contributed by atoms with Crippen LogP contribution in [0.1, 0.15) is 19.3 Å². The largest absolute Gasteiger partial charge is 0.382 e. The molecule has 1 unspecified atom stereocenters. The maximum absolute atomic E-state index is 11.6. The van der Waals surface area contributed by atoms with Gasteiger partial charge in [0.25, 0.3) is 0 Å². The zero-order valence-electron chi connectivity index (χ0n) is 11.0. The van der Waals surface area contributed by atoms with Crippen LogP contribution in [0.25, 0.3) is 0 Å². The lowest BCUT2D eigenvalue weighted by Crippen LogP contribution is -2.29. The van der Waals surface area contributed by atoms with Gasteiger partial charge < -0.3 is 15.4 Å². The summed E-state index contributed by atoms with van der Waals surface area (Å²) < 4.78 is 7.00. The minimum Gasteiger partial charge on any atom is -0.382 e. The summed E-state index contributed by atoms with van der Waals surface area (Å²) in [6.45, 7) is 2.91. The average Bonchev–Trinajstić information content (AvgIpc) is 2.91. The summed E-state index contributed by atoms with van der Waals surface area (Å²) in [4.78, 5) is 11.6. The van der Waals surface area contributed by atoms with Crippen molar-refractivity contribution >= 4 is 11.6 Å². The van der Waals surface area contributed by atoms with Gasteiger partial charge in [0.1, 0.15) is 6.54 Å². The van der Waals surface area contributed by atoms with Crippen molar-refractivity contribution in [1.29, 1.82) is 0 Å². The van der Waals surface area contributed by atoms with E-state index in [0.29, 0.717) is 18.5 Å². The predicted octanol–water partition coefficient (Wildman–Crippen LogP) is 0.610. The fourth-order valence-corrected chi connectivity index (χ4v) is 2.20. The zero-order chi connectivity index (χ0) is 13.1. The van der Waals surface area contributed by atoms with E-state index in [-0.39, 0.29) is 5.91 Å². The van der Waals surface area contributed by atoms with Gasteiger partial charge in [-0.15, -0.1) is 0 Å². The number of hydrogen-bond donors (Lipinski definition) is 2. The van der Waals surface area contributed by atoms with E-state index in [4.69, 9.17) is 4.74 Å². The summed E-state index contributed by atoms with van der Waals surface area (Å²) in [5, 5.41) is 10.5. The average molecular weight is 264 g/mol. The molecule has 2 heterocycles. The van der Waals surface area contributed by atoms with Gasteiger partial charge in [0.15, 0.2) is 0 Å². The minimum atomic E-state index is 0.0429. The van der Waals surface area contributed by atoms with Crippen LogP contribution < -0.4 is 10.6 Å². The summed E-state index contributed by atoms with van der Waals surface area (Å²) >= 11 is 0. The first-order valence-electron chi connectivity index (χ1n) is 6.93. The van der Waals surface area contributed by atoms with Gasteiger partial charge in [-0.2, -0.15) is 5.10 Å². The van der Waals surface area contributed by atoms with Gasteiger partial charge in [0.05, 0.1) is 18.5 Å². The zero-order valence-corrected chi connectivity index (χ0v) is 11.0. The molecule has 2 N–H and O–H groups in total. The topological polar surface area (TPSA) is 68.2 Å². The number of aromatic nitrogens is 2. The molecule has 1 aromatic heterocycles. The summed E-state index contributed by atoms with van der Waals surface area (Å²) in [6, 6.07) is 0.406. The van der Waals surface area contributed by atoms with Gasteiger partial charge in [-0.25, -0.2) is 0 Å². The van der Waals surface area contributed by atoms with Crippen LogP contribution in [0.15, 0.2) is 12.4 Å². The second kappa shape index (κ2) is 5.61. The number of carbonyl (C=O) groups is 1. The van der Waals surface area contributed by atoms with Crippen LogP contribution in [0.5, 0.6) is 0 Å². The molecule has 6 heteroatoms. The number of hydrogen-bond acceptors (Lipinski definition) is 4. The van der Waals surface area contributed by atoms with E-state index in [2.05, 4.69) is 15.7 Å². The first-order chi connectivity index (χ1) is 9.29. The number of anilines is 1. The van der Waals surface area contributed by atoms with Crippen LogP contribution in [-0.4, -0.2) is 41.5 Å². The second-order valence-electron chi connectivity index (χ2n) is 5.38. The van der Waals surface area contributed by atoms with Crippen molar-refractivity contribution in [2.75, 3.05) is 25.1 Å². The van der Waals surface area contributed by atoms with Crippen LogP contribution in [0, 0.1) is 5.92 Å². The third kappa shape index (κ3) is 3.70. The first-order valence-corrected chi connectivity index (χ1v) is 6.93. The molecule has 6 nitrogen and oxygen atoms in total. The Labute approximate surface area is 112 Å². The highest BCUT2D eigenvalue weighted by atomic mass is 16.5. The van der Waals surface area contributed by atoms with Crippen molar-refractivity contribution in [2.45, 2.75) is 31.8 Å². The van der Waals surface area contributed by atoms with Crippen LogP contribution in [0.2, 0.25) is 0 Å². The number of ether oxygens (including phenoxy) is 1. The van der Waals surface area contributed by atoms with Gasteiger partial charge in [-0.05, 0) is 19.3 Å². The molecule has 0 aromatic carbocycles. The summed E-state index contributed by atoms with van der Waals surface area (Å²) in [7, 11) is 0. The molecular formula is C13H20N4O2. The molecule has 2 fully saturated rings. The molecule has 0 spiro atoms. The van der Waals surface area contributed by atoms with Crippen LogP contribution in [0.3, 0.4) is 0 Å². The van der Waals surface area contributed by atoms with E-state index in [1.165, 1.54) is 0 Å². The van der Waals surface area contributed by atoms with Crippen molar-refractivity contribution in [3.05, 3.63) is 12.4 Å².